The zero-order valence-corrected chi connectivity index (χ0v) is 10.6. The third-order valence-electron chi connectivity index (χ3n) is 3.50. The summed E-state index contributed by atoms with van der Waals surface area (Å²) in [6.45, 7) is 0. The molecule has 0 saturated carbocycles. The van der Waals surface area contributed by atoms with Crippen molar-refractivity contribution in [2.75, 3.05) is 5.73 Å². The monoisotopic (exact) mass is 263 g/mol. The van der Waals surface area contributed by atoms with Gasteiger partial charge in [0.15, 0.2) is 5.13 Å². The van der Waals surface area contributed by atoms with E-state index >= 15 is 0 Å². The van der Waals surface area contributed by atoms with Gasteiger partial charge >= 0.3 is 0 Å². The zero-order valence-electron chi connectivity index (χ0n) is 9.82. The van der Waals surface area contributed by atoms with Gasteiger partial charge in [0.1, 0.15) is 5.82 Å². The van der Waals surface area contributed by atoms with Gasteiger partial charge in [-0.3, -0.25) is 0 Å². The average molecular weight is 263 g/mol. The largest absolute Gasteiger partial charge is 0.375 e. The standard InChI is InChI=1S/C13H14FN3S/c14-9-3-1-8(2-4-9)13(16)6-5-10-11(7-13)18-12(15)17-10/h1-4H,5-7,16H2,(H2,15,17). The fourth-order valence-corrected chi connectivity index (χ4v) is 3.48. The van der Waals surface area contributed by atoms with Crippen molar-refractivity contribution < 1.29 is 4.39 Å². The molecule has 0 fully saturated rings. The Morgan fingerprint density at radius 1 is 1.28 bits per heavy atom. The lowest BCUT2D eigenvalue weighted by Gasteiger charge is -2.33. The molecule has 94 valence electrons. The molecule has 1 heterocycles. The van der Waals surface area contributed by atoms with E-state index in [0.29, 0.717) is 5.13 Å². The van der Waals surface area contributed by atoms with Gasteiger partial charge in [0.25, 0.3) is 0 Å². The van der Waals surface area contributed by atoms with Crippen LogP contribution in [0.4, 0.5) is 9.52 Å². The fourth-order valence-electron chi connectivity index (χ4n) is 2.48. The third-order valence-corrected chi connectivity index (χ3v) is 4.42. The number of aryl methyl sites for hydroxylation is 1. The summed E-state index contributed by atoms with van der Waals surface area (Å²) in [6, 6.07) is 6.45. The summed E-state index contributed by atoms with van der Waals surface area (Å²) in [5, 5.41) is 0.600. The molecule has 5 heteroatoms. The SMILES string of the molecule is Nc1nc2c(s1)CC(N)(c1ccc(F)cc1)CC2. The molecule has 3 rings (SSSR count). The molecule has 0 radical (unpaired) electrons. The number of nitrogens with zero attached hydrogens (tertiary/aromatic N) is 1. The number of benzene rings is 1. The molecule has 18 heavy (non-hydrogen) atoms. The Hall–Kier alpha value is -1.46. The van der Waals surface area contributed by atoms with Crippen LogP contribution >= 0.6 is 11.3 Å². The van der Waals surface area contributed by atoms with Crippen LogP contribution in [0.5, 0.6) is 0 Å². The maximum atomic E-state index is 13.0. The molecule has 1 aromatic heterocycles. The molecule has 4 N–H and O–H groups in total. The first-order valence-electron chi connectivity index (χ1n) is 5.86. The minimum Gasteiger partial charge on any atom is -0.375 e. The van der Waals surface area contributed by atoms with E-state index in [0.717, 1.165) is 35.4 Å². The molecular formula is C13H14FN3S. The van der Waals surface area contributed by atoms with Crippen molar-refractivity contribution in [2.24, 2.45) is 5.73 Å². The van der Waals surface area contributed by atoms with Crippen LogP contribution in [0.15, 0.2) is 24.3 Å². The van der Waals surface area contributed by atoms with E-state index in [9.17, 15) is 4.39 Å². The van der Waals surface area contributed by atoms with Gasteiger partial charge in [-0.05, 0) is 30.5 Å². The first kappa shape index (κ1) is 11.6. The second-order valence-corrected chi connectivity index (χ2v) is 5.88. The van der Waals surface area contributed by atoms with Crippen LogP contribution in [0, 0.1) is 5.82 Å². The van der Waals surface area contributed by atoms with Crippen molar-refractivity contribution in [3.63, 3.8) is 0 Å². The summed E-state index contributed by atoms with van der Waals surface area (Å²) in [5.41, 5.74) is 13.8. The van der Waals surface area contributed by atoms with Crippen LogP contribution in [0.2, 0.25) is 0 Å². The number of thiazole rings is 1. The van der Waals surface area contributed by atoms with Gasteiger partial charge < -0.3 is 11.5 Å². The van der Waals surface area contributed by atoms with Crippen LogP contribution in [0.1, 0.15) is 22.6 Å². The molecule has 1 aliphatic carbocycles. The van der Waals surface area contributed by atoms with Crippen molar-refractivity contribution in [2.45, 2.75) is 24.8 Å². The molecule has 0 spiro atoms. The molecule has 1 unspecified atom stereocenters. The number of hydrogen-bond donors (Lipinski definition) is 2. The highest BCUT2D eigenvalue weighted by Gasteiger charge is 2.34. The number of nitrogens with two attached hydrogens (primary N) is 2. The molecule has 1 atom stereocenters. The van der Waals surface area contributed by atoms with Crippen LogP contribution in [-0.2, 0) is 18.4 Å². The van der Waals surface area contributed by atoms with Gasteiger partial charge in [-0.15, -0.1) is 11.3 Å². The van der Waals surface area contributed by atoms with E-state index in [2.05, 4.69) is 4.98 Å². The molecule has 0 saturated heterocycles. The number of halogens is 1. The van der Waals surface area contributed by atoms with E-state index < -0.39 is 5.54 Å². The highest BCUT2D eigenvalue weighted by Crippen LogP contribution is 2.37. The van der Waals surface area contributed by atoms with Gasteiger partial charge in [-0.1, -0.05) is 12.1 Å². The predicted octanol–water partition coefficient (Wildman–Crippen LogP) is 2.21. The summed E-state index contributed by atoms with van der Waals surface area (Å²) in [4.78, 5) is 5.46. The van der Waals surface area contributed by atoms with Crippen LogP contribution in [0.25, 0.3) is 0 Å². The zero-order chi connectivity index (χ0) is 12.8. The van der Waals surface area contributed by atoms with Crippen molar-refractivity contribution in [3.8, 4) is 0 Å². The Bertz CT molecular complexity index is 578. The molecule has 0 aliphatic heterocycles. The Kier molecular flexibility index (Phi) is 2.60. The van der Waals surface area contributed by atoms with E-state index in [-0.39, 0.29) is 5.82 Å². The van der Waals surface area contributed by atoms with Gasteiger partial charge in [0, 0.05) is 16.8 Å². The molecule has 1 aliphatic rings. The lowest BCUT2D eigenvalue weighted by atomic mass is 9.79. The average Bonchev–Trinajstić information content (AvgIpc) is 2.69. The molecule has 2 aromatic rings. The Balaban J connectivity index is 1.95. The van der Waals surface area contributed by atoms with Gasteiger partial charge in [-0.25, -0.2) is 9.37 Å². The van der Waals surface area contributed by atoms with Crippen LogP contribution in [0.3, 0.4) is 0 Å². The Morgan fingerprint density at radius 2 is 2.00 bits per heavy atom. The fraction of sp³-hybridized carbons (Fsp3) is 0.308. The lowest BCUT2D eigenvalue weighted by Crippen LogP contribution is -2.41. The minimum atomic E-state index is -0.431. The first-order chi connectivity index (χ1) is 8.57. The second kappa shape index (κ2) is 4.03. The quantitative estimate of drug-likeness (QED) is 0.829. The van der Waals surface area contributed by atoms with Gasteiger partial charge in [0.05, 0.1) is 5.69 Å². The molecule has 0 amide bonds. The Morgan fingerprint density at radius 3 is 2.72 bits per heavy atom. The maximum Gasteiger partial charge on any atom is 0.180 e. The van der Waals surface area contributed by atoms with Gasteiger partial charge in [0.2, 0.25) is 0 Å². The number of hydrogen-bond acceptors (Lipinski definition) is 4. The number of rotatable bonds is 1. The van der Waals surface area contributed by atoms with E-state index in [4.69, 9.17) is 11.5 Å². The highest BCUT2D eigenvalue weighted by atomic mass is 32.1. The van der Waals surface area contributed by atoms with Crippen molar-refractivity contribution in [3.05, 3.63) is 46.2 Å². The van der Waals surface area contributed by atoms with Crippen LogP contribution in [-0.4, -0.2) is 4.98 Å². The smallest absolute Gasteiger partial charge is 0.180 e. The van der Waals surface area contributed by atoms with Crippen LogP contribution < -0.4 is 11.5 Å². The predicted molar refractivity (Wildman–Crippen MR) is 70.8 cm³/mol. The number of aromatic nitrogens is 1. The topological polar surface area (TPSA) is 64.9 Å². The molecule has 0 bridgehead atoms. The summed E-state index contributed by atoms with van der Waals surface area (Å²) in [5.74, 6) is -0.235. The molecule has 3 nitrogen and oxygen atoms in total. The second-order valence-electron chi connectivity index (χ2n) is 4.76. The van der Waals surface area contributed by atoms with E-state index in [1.54, 1.807) is 12.1 Å². The molecular weight excluding hydrogens is 249 g/mol. The van der Waals surface area contributed by atoms with Crippen molar-refractivity contribution in [1.29, 1.82) is 0 Å². The summed E-state index contributed by atoms with van der Waals surface area (Å²) < 4.78 is 13.0. The lowest BCUT2D eigenvalue weighted by molar-refractivity contribution is 0.386. The normalized spacial score (nSPS) is 22.8. The third kappa shape index (κ3) is 1.89. The summed E-state index contributed by atoms with van der Waals surface area (Å²) in [7, 11) is 0. The highest BCUT2D eigenvalue weighted by molar-refractivity contribution is 7.15. The summed E-state index contributed by atoms with van der Waals surface area (Å²) in [6.07, 6.45) is 2.37. The Labute approximate surface area is 109 Å². The first-order valence-corrected chi connectivity index (χ1v) is 6.67. The number of anilines is 1. The van der Waals surface area contributed by atoms with Crippen molar-refractivity contribution >= 4 is 16.5 Å². The molecule has 1 aromatic carbocycles. The number of nitrogen functional groups attached to an aromatic ring is 1. The maximum absolute atomic E-state index is 13.0. The van der Waals surface area contributed by atoms with Crippen molar-refractivity contribution in [1.82, 2.24) is 4.98 Å². The number of fused-ring (bicyclic) bond motifs is 1. The minimum absolute atomic E-state index is 0.235. The van der Waals surface area contributed by atoms with Gasteiger partial charge in [-0.2, -0.15) is 0 Å². The van der Waals surface area contributed by atoms with E-state index in [1.807, 2.05) is 0 Å². The summed E-state index contributed by atoms with van der Waals surface area (Å²) >= 11 is 1.50. The van der Waals surface area contributed by atoms with E-state index in [1.165, 1.54) is 23.5 Å².